The van der Waals surface area contributed by atoms with E-state index in [1.807, 2.05) is 12.1 Å². The molecule has 0 unspecified atom stereocenters. The lowest BCUT2D eigenvalue weighted by Crippen LogP contribution is -2.40. The second-order valence-corrected chi connectivity index (χ2v) is 7.05. The van der Waals surface area contributed by atoms with Gasteiger partial charge in [0.15, 0.2) is 0 Å². The summed E-state index contributed by atoms with van der Waals surface area (Å²) in [5.41, 5.74) is -0.433. The van der Waals surface area contributed by atoms with Crippen LogP contribution >= 0.6 is 15.9 Å². The molecule has 1 aromatic rings. The van der Waals surface area contributed by atoms with Crippen LogP contribution in [0.25, 0.3) is 0 Å². The van der Waals surface area contributed by atoms with E-state index in [-0.39, 0.29) is 12.5 Å². The smallest absolute Gasteiger partial charge is 0.481 e. The zero-order valence-electron chi connectivity index (χ0n) is 14.1. The van der Waals surface area contributed by atoms with Crippen molar-refractivity contribution in [2.45, 2.75) is 44.1 Å². The Morgan fingerprint density at radius 1 is 1.26 bits per heavy atom. The van der Waals surface area contributed by atoms with Crippen molar-refractivity contribution in [1.29, 1.82) is 0 Å². The average Bonchev–Trinajstić information content (AvgIpc) is 2.57. The Bertz CT molecular complexity index is 632. The van der Waals surface area contributed by atoms with Crippen LogP contribution < -0.4 is 5.32 Å². The highest BCUT2D eigenvalue weighted by Gasteiger charge is 2.38. The summed E-state index contributed by atoms with van der Waals surface area (Å²) in [6.45, 7) is 0.762. The standard InChI is InChI=1S/C14H18BrFN2O2.C2HF3O2/c15-11-1-2-12(18-7-11)8-17-9-14(16)5-3-10(4-6-14)13(19)20;3-2(4,5)1(6)7/h1-2,7,10,17H,3-6,8-9H2,(H,19,20);(H,6,7). The van der Waals surface area contributed by atoms with Gasteiger partial charge in [-0.2, -0.15) is 13.2 Å². The highest BCUT2D eigenvalue weighted by atomic mass is 79.9. The van der Waals surface area contributed by atoms with E-state index in [0.717, 1.165) is 10.2 Å². The SMILES string of the molecule is O=C(O)C(F)(F)F.O=C(O)C1CCC(F)(CNCc2ccc(Br)cn2)CC1. The summed E-state index contributed by atoms with van der Waals surface area (Å²) < 4.78 is 47.1. The third-order valence-electron chi connectivity index (χ3n) is 4.01. The molecular formula is C16H19BrF4N2O4. The van der Waals surface area contributed by atoms with Crippen molar-refractivity contribution in [3.05, 3.63) is 28.5 Å². The van der Waals surface area contributed by atoms with E-state index in [2.05, 4.69) is 26.2 Å². The van der Waals surface area contributed by atoms with Crippen LogP contribution in [0, 0.1) is 5.92 Å². The summed E-state index contributed by atoms with van der Waals surface area (Å²) in [5, 5.41) is 19.1. The largest absolute Gasteiger partial charge is 0.490 e. The minimum Gasteiger partial charge on any atom is -0.481 e. The quantitative estimate of drug-likeness (QED) is 0.583. The van der Waals surface area contributed by atoms with Gasteiger partial charge >= 0.3 is 18.1 Å². The van der Waals surface area contributed by atoms with Crippen molar-refractivity contribution in [2.24, 2.45) is 5.92 Å². The minimum atomic E-state index is -5.08. The van der Waals surface area contributed by atoms with E-state index in [0.29, 0.717) is 32.2 Å². The van der Waals surface area contributed by atoms with Crippen LogP contribution in [0.3, 0.4) is 0 Å². The van der Waals surface area contributed by atoms with Gasteiger partial charge in [-0.15, -0.1) is 0 Å². The van der Waals surface area contributed by atoms with E-state index in [4.69, 9.17) is 15.0 Å². The number of aromatic nitrogens is 1. The number of carboxylic acid groups (broad SMARTS) is 2. The number of nitrogens with zero attached hydrogens (tertiary/aromatic N) is 1. The van der Waals surface area contributed by atoms with Crippen LogP contribution in [-0.4, -0.2) is 45.5 Å². The van der Waals surface area contributed by atoms with Gasteiger partial charge in [0.1, 0.15) is 5.67 Å². The lowest BCUT2D eigenvalue weighted by Gasteiger charge is -2.32. The first-order chi connectivity index (χ1) is 12.4. The number of pyridine rings is 1. The maximum atomic E-state index is 14.5. The van der Waals surface area contributed by atoms with Crippen molar-refractivity contribution in [1.82, 2.24) is 10.3 Å². The van der Waals surface area contributed by atoms with Gasteiger partial charge in [-0.25, -0.2) is 9.18 Å². The van der Waals surface area contributed by atoms with E-state index >= 15 is 0 Å². The summed E-state index contributed by atoms with van der Waals surface area (Å²) in [6, 6.07) is 3.77. The fraction of sp³-hybridized carbons (Fsp3) is 0.562. The Kier molecular flexibility index (Phi) is 8.60. The summed E-state index contributed by atoms with van der Waals surface area (Å²) in [7, 11) is 0. The number of alkyl halides is 4. The molecule has 1 aliphatic carbocycles. The zero-order valence-corrected chi connectivity index (χ0v) is 15.7. The molecule has 1 fully saturated rings. The first kappa shape index (κ1) is 23.3. The lowest BCUT2D eigenvalue weighted by molar-refractivity contribution is -0.192. The summed E-state index contributed by atoms with van der Waals surface area (Å²) in [4.78, 5) is 23.9. The molecule has 1 heterocycles. The first-order valence-electron chi connectivity index (χ1n) is 7.96. The van der Waals surface area contributed by atoms with Crippen LogP contribution in [-0.2, 0) is 16.1 Å². The van der Waals surface area contributed by atoms with Gasteiger partial charge in [0, 0.05) is 23.8 Å². The molecule has 11 heteroatoms. The van der Waals surface area contributed by atoms with Gasteiger partial charge in [-0.1, -0.05) is 0 Å². The summed E-state index contributed by atoms with van der Waals surface area (Å²) in [5.74, 6) is -3.95. The Labute approximate surface area is 161 Å². The molecule has 2 rings (SSSR count). The lowest BCUT2D eigenvalue weighted by atomic mass is 9.80. The highest BCUT2D eigenvalue weighted by Crippen LogP contribution is 2.34. The van der Waals surface area contributed by atoms with Gasteiger partial charge < -0.3 is 15.5 Å². The van der Waals surface area contributed by atoms with Gasteiger partial charge in [-0.3, -0.25) is 9.78 Å². The molecule has 6 nitrogen and oxygen atoms in total. The van der Waals surface area contributed by atoms with E-state index in [1.165, 1.54) is 0 Å². The van der Waals surface area contributed by atoms with Crippen molar-refractivity contribution >= 4 is 27.9 Å². The topological polar surface area (TPSA) is 99.5 Å². The summed E-state index contributed by atoms with van der Waals surface area (Å²) in [6.07, 6.45) is -1.91. The van der Waals surface area contributed by atoms with Crippen LogP contribution in [0.4, 0.5) is 17.6 Å². The number of carbonyl (C=O) groups is 2. The van der Waals surface area contributed by atoms with Gasteiger partial charge in [0.2, 0.25) is 0 Å². The molecule has 1 aromatic heterocycles. The number of hydrogen-bond acceptors (Lipinski definition) is 4. The maximum Gasteiger partial charge on any atom is 0.490 e. The van der Waals surface area contributed by atoms with Crippen molar-refractivity contribution in [2.75, 3.05) is 6.54 Å². The third-order valence-corrected chi connectivity index (χ3v) is 4.48. The van der Waals surface area contributed by atoms with Crippen molar-refractivity contribution in [3.63, 3.8) is 0 Å². The molecule has 0 aliphatic heterocycles. The highest BCUT2D eigenvalue weighted by molar-refractivity contribution is 9.10. The monoisotopic (exact) mass is 458 g/mol. The molecule has 0 amide bonds. The number of nitrogens with one attached hydrogen (secondary N) is 1. The molecule has 152 valence electrons. The van der Waals surface area contributed by atoms with E-state index < -0.39 is 23.8 Å². The number of rotatable bonds is 5. The molecule has 0 aromatic carbocycles. The van der Waals surface area contributed by atoms with Crippen molar-refractivity contribution in [3.8, 4) is 0 Å². The predicted octanol–water partition coefficient (Wildman–Crippen LogP) is 3.55. The predicted molar refractivity (Wildman–Crippen MR) is 90.8 cm³/mol. The van der Waals surface area contributed by atoms with E-state index in [1.54, 1.807) is 6.20 Å². The minimum absolute atomic E-state index is 0.247. The number of aliphatic carboxylic acids is 2. The third kappa shape index (κ3) is 8.65. The fourth-order valence-corrected chi connectivity index (χ4v) is 2.72. The fourth-order valence-electron chi connectivity index (χ4n) is 2.48. The molecule has 1 aliphatic rings. The van der Waals surface area contributed by atoms with E-state index in [9.17, 15) is 22.4 Å². The van der Waals surface area contributed by atoms with Gasteiger partial charge in [0.05, 0.1) is 11.6 Å². The first-order valence-corrected chi connectivity index (χ1v) is 8.75. The molecule has 0 atom stereocenters. The molecule has 1 saturated carbocycles. The van der Waals surface area contributed by atoms with Gasteiger partial charge in [-0.05, 0) is 53.7 Å². The number of hydrogen-bond donors (Lipinski definition) is 3. The second kappa shape index (κ2) is 9.98. The van der Waals surface area contributed by atoms with Crippen LogP contribution in [0.2, 0.25) is 0 Å². The number of carboxylic acids is 2. The molecular weight excluding hydrogens is 440 g/mol. The van der Waals surface area contributed by atoms with Crippen LogP contribution in [0.1, 0.15) is 31.4 Å². The Hall–Kier alpha value is -1.75. The van der Waals surface area contributed by atoms with Crippen LogP contribution in [0.15, 0.2) is 22.8 Å². The second-order valence-electron chi connectivity index (χ2n) is 6.14. The van der Waals surface area contributed by atoms with Gasteiger partial charge in [0.25, 0.3) is 0 Å². The Morgan fingerprint density at radius 2 is 1.81 bits per heavy atom. The normalized spacial score (nSPS) is 22.5. The molecule has 0 radical (unpaired) electrons. The molecule has 0 saturated heterocycles. The molecule has 0 spiro atoms. The maximum absolute atomic E-state index is 14.5. The Morgan fingerprint density at radius 3 is 2.22 bits per heavy atom. The van der Waals surface area contributed by atoms with Crippen LogP contribution in [0.5, 0.6) is 0 Å². The van der Waals surface area contributed by atoms with Crippen molar-refractivity contribution < 1.29 is 37.4 Å². The molecule has 3 N–H and O–H groups in total. The number of halogens is 5. The Balaban J connectivity index is 0.000000445. The average molecular weight is 459 g/mol. The summed E-state index contributed by atoms with van der Waals surface area (Å²) >= 11 is 3.31. The molecule has 0 bridgehead atoms. The zero-order chi connectivity index (χ0) is 20.7. The molecule has 27 heavy (non-hydrogen) atoms.